The molecule has 2 aromatic carbocycles. The summed E-state index contributed by atoms with van der Waals surface area (Å²) in [6, 6.07) is 17.6. The van der Waals surface area contributed by atoms with E-state index in [-0.39, 0.29) is 29.9 Å². The summed E-state index contributed by atoms with van der Waals surface area (Å²) in [6.07, 6.45) is 1.91. The van der Waals surface area contributed by atoms with Crippen molar-refractivity contribution in [3.05, 3.63) is 77.7 Å². The van der Waals surface area contributed by atoms with Gasteiger partial charge in [-0.15, -0.1) is 0 Å². The molecule has 0 bridgehead atoms. The van der Waals surface area contributed by atoms with Crippen LogP contribution in [0.1, 0.15) is 35.9 Å². The summed E-state index contributed by atoms with van der Waals surface area (Å²) in [5.41, 5.74) is 2.29. The Balaban J connectivity index is 1.36. The van der Waals surface area contributed by atoms with Gasteiger partial charge in [0.15, 0.2) is 5.76 Å². The number of benzene rings is 2. The Labute approximate surface area is 194 Å². The number of sulfonamides is 1. The van der Waals surface area contributed by atoms with Crippen LogP contribution in [0.2, 0.25) is 0 Å². The van der Waals surface area contributed by atoms with Crippen molar-refractivity contribution in [2.75, 3.05) is 25.5 Å². The number of likely N-dealkylation sites (tertiary alicyclic amines) is 1. The van der Waals surface area contributed by atoms with E-state index in [0.717, 1.165) is 36.4 Å². The number of nitrogens with zero attached hydrogens (tertiary/aromatic N) is 3. The lowest BCUT2D eigenvalue weighted by Gasteiger charge is -2.21. The Kier molecular flexibility index (Phi) is 6.92. The molecular weight excluding hydrogens is 440 g/mol. The second kappa shape index (κ2) is 9.86. The van der Waals surface area contributed by atoms with Gasteiger partial charge in [-0.25, -0.2) is 8.42 Å². The van der Waals surface area contributed by atoms with Crippen molar-refractivity contribution in [2.24, 2.45) is 0 Å². The zero-order valence-corrected chi connectivity index (χ0v) is 19.6. The second-order valence-corrected chi connectivity index (χ2v) is 10.4. The average molecular weight is 469 g/mol. The third kappa shape index (κ3) is 5.50. The lowest BCUT2D eigenvalue weighted by molar-refractivity contribution is -0.117. The van der Waals surface area contributed by atoms with Gasteiger partial charge in [0.05, 0.1) is 23.2 Å². The molecule has 3 aromatic rings. The molecular formula is C24H28N4O4S. The van der Waals surface area contributed by atoms with Crippen molar-refractivity contribution in [1.82, 2.24) is 14.4 Å². The third-order valence-electron chi connectivity index (χ3n) is 5.78. The molecule has 1 aromatic heterocycles. The minimum absolute atomic E-state index is 0.0459. The van der Waals surface area contributed by atoms with E-state index in [0.29, 0.717) is 5.69 Å². The van der Waals surface area contributed by atoms with Crippen LogP contribution in [0.3, 0.4) is 0 Å². The van der Waals surface area contributed by atoms with Crippen molar-refractivity contribution in [3.8, 4) is 0 Å². The normalized spacial score (nSPS) is 16.9. The lowest BCUT2D eigenvalue weighted by atomic mass is 10.1. The fourth-order valence-corrected chi connectivity index (χ4v) is 5.24. The molecule has 0 spiro atoms. The third-order valence-corrected chi connectivity index (χ3v) is 7.60. The van der Waals surface area contributed by atoms with Gasteiger partial charge in [0.25, 0.3) is 0 Å². The topological polar surface area (TPSA) is 95.8 Å². The van der Waals surface area contributed by atoms with Gasteiger partial charge in [0.2, 0.25) is 15.9 Å². The Morgan fingerprint density at radius 2 is 1.91 bits per heavy atom. The Bertz CT molecular complexity index is 1190. The molecule has 0 aliphatic carbocycles. The van der Waals surface area contributed by atoms with Gasteiger partial charge in [-0.2, -0.15) is 4.31 Å². The van der Waals surface area contributed by atoms with Crippen LogP contribution >= 0.6 is 0 Å². The molecule has 33 heavy (non-hydrogen) atoms. The molecule has 4 rings (SSSR count). The first-order valence-electron chi connectivity index (χ1n) is 10.9. The predicted octanol–water partition coefficient (Wildman–Crippen LogP) is 3.58. The number of aromatic nitrogens is 1. The first-order chi connectivity index (χ1) is 15.8. The molecule has 0 saturated carbocycles. The maximum Gasteiger partial charge on any atom is 0.243 e. The lowest BCUT2D eigenvalue weighted by Crippen LogP contribution is -2.32. The van der Waals surface area contributed by atoms with Crippen LogP contribution in [0.25, 0.3) is 0 Å². The molecule has 8 nitrogen and oxygen atoms in total. The second-order valence-electron chi connectivity index (χ2n) is 8.32. The summed E-state index contributed by atoms with van der Waals surface area (Å²) in [5.74, 6) is 0.627. The predicted molar refractivity (Wildman–Crippen MR) is 125 cm³/mol. The Hall–Kier alpha value is -3.01. The molecule has 1 fully saturated rings. The van der Waals surface area contributed by atoms with E-state index in [4.69, 9.17) is 4.52 Å². The summed E-state index contributed by atoms with van der Waals surface area (Å²) >= 11 is 0. The highest BCUT2D eigenvalue weighted by molar-refractivity contribution is 7.89. The molecule has 9 heteroatoms. The zero-order valence-electron chi connectivity index (χ0n) is 18.8. The number of carbonyl (C=O) groups is 1. The minimum atomic E-state index is -3.64. The first-order valence-corrected chi connectivity index (χ1v) is 12.3. The van der Waals surface area contributed by atoms with Crippen molar-refractivity contribution >= 4 is 21.6 Å². The van der Waals surface area contributed by atoms with E-state index in [1.54, 1.807) is 19.2 Å². The van der Waals surface area contributed by atoms with E-state index < -0.39 is 10.0 Å². The van der Waals surface area contributed by atoms with E-state index in [1.165, 1.54) is 16.4 Å². The van der Waals surface area contributed by atoms with Gasteiger partial charge in [0.1, 0.15) is 0 Å². The largest absolute Gasteiger partial charge is 0.359 e. The molecule has 1 atom stereocenters. The summed E-state index contributed by atoms with van der Waals surface area (Å²) in [5, 5.41) is 6.81. The van der Waals surface area contributed by atoms with Gasteiger partial charge in [-0.3, -0.25) is 9.69 Å². The molecule has 174 valence electrons. The maximum atomic E-state index is 12.9. The van der Waals surface area contributed by atoms with Crippen LogP contribution in [-0.2, 0) is 21.4 Å². The molecule has 1 amide bonds. The fraction of sp³-hybridized carbons (Fsp3) is 0.333. The van der Waals surface area contributed by atoms with Crippen LogP contribution in [0.15, 0.2) is 70.1 Å². The first kappa shape index (κ1) is 23.2. The molecule has 1 aliphatic rings. The highest BCUT2D eigenvalue weighted by Crippen LogP contribution is 2.32. The number of hydrogen-bond acceptors (Lipinski definition) is 6. The van der Waals surface area contributed by atoms with Crippen molar-refractivity contribution in [3.63, 3.8) is 0 Å². The summed E-state index contributed by atoms with van der Waals surface area (Å²) in [7, 11) is -2.08. The molecule has 1 N–H and O–H groups in total. The van der Waals surface area contributed by atoms with Gasteiger partial charge < -0.3 is 9.84 Å². The quantitative estimate of drug-likeness (QED) is 0.543. The fourth-order valence-electron chi connectivity index (χ4n) is 4.08. The highest BCUT2D eigenvalue weighted by Gasteiger charge is 2.30. The van der Waals surface area contributed by atoms with E-state index >= 15 is 0 Å². The number of carbonyl (C=O) groups excluding carboxylic acids is 1. The van der Waals surface area contributed by atoms with Gasteiger partial charge >= 0.3 is 0 Å². The molecule has 1 unspecified atom stereocenters. The van der Waals surface area contributed by atoms with Gasteiger partial charge in [-0.1, -0.05) is 35.5 Å². The van der Waals surface area contributed by atoms with Crippen molar-refractivity contribution in [1.29, 1.82) is 0 Å². The van der Waals surface area contributed by atoms with Crippen LogP contribution in [-0.4, -0.2) is 48.8 Å². The summed E-state index contributed by atoms with van der Waals surface area (Å²) in [4.78, 5) is 14.9. The summed E-state index contributed by atoms with van der Waals surface area (Å²) in [6.45, 7) is 3.19. The number of rotatable bonds is 8. The van der Waals surface area contributed by atoms with Crippen LogP contribution < -0.4 is 5.32 Å². The average Bonchev–Trinajstić information content (AvgIpc) is 3.43. The van der Waals surface area contributed by atoms with E-state index in [2.05, 4.69) is 15.4 Å². The SMILES string of the molecule is Cc1cc(C2CCCN2CC(=O)Nc2ccc(S(=O)(=O)N(C)Cc3ccccc3)cc2)on1. The molecule has 1 saturated heterocycles. The van der Waals surface area contributed by atoms with Crippen molar-refractivity contribution in [2.45, 2.75) is 37.2 Å². The number of aryl methyl sites for hydroxylation is 1. The highest BCUT2D eigenvalue weighted by atomic mass is 32.2. The molecule has 0 radical (unpaired) electrons. The number of amides is 1. The van der Waals surface area contributed by atoms with Gasteiger partial charge in [-0.05, 0) is 56.1 Å². The maximum absolute atomic E-state index is 12.9. The Morgan fingerprint density at radius 1 is 1.18 bits per heavy atom. The smallest absolute Gasteiger partial charge is 0.243 e. The van der Waals surface area contributed by atoms with Crippen molar-refractivity contribution < 1.29 is 17.7 Å². The molecule has 2 heterocycles. The standard InChI is InChI=1S/C24H28N4O4S/c1-18-15-23(32-26-18)22-9-6-14-28(22)17-24(29)25-20-10-12-21(13-11-20)33(30,31)27(2)16-19-7-4-3-5-8-19/h3-5,7-8,10-13,15,22H,6,9,14,16-17H2,1-2H3,(H,25,29). The molecule has 1 aliphatic heterocycles. The van der Waals surface area contributed by atoms with E-state index in [9.17, 15) is 13.2 Å². The number of anilines is 1. The van der Waals surface area contributed by atoms with Gasteiger partial charge in [0, 0.05) is 25.3 Å². The Morgan fingerprint density at radius 3 is 2.58 bits per heavy atom. The van der Waals surface area contributed by atoms with Crippen LogP contribution in [0.4, 0.5) is 5.69 Å². The number of hydrogen-bond donors (Lipinski definition) is 1. The monoisotopic (exact) mass is 468 g/mol. The van der Waals surface area contributed by atoms with Crippen LogP contribution in [0.5, 0.6) is 0 Å². The van der Waals surface area contributed by atoms with Crippen LogP contribution in [0, 0.1) is 6.92 Å². The number of nitrogens with one attached hydrogen (secondary N) is 1. The zero-order chi connectivity index (χ0) is 23.4. The van der Waals surface area contributed by atoms with E-state index in [1.807, 2.05) is 43.3 Å². The minimum Gasteiger partial charge on any atom is -0.359 e. The summed E-state index contributed by atoms with van der Waals surface area (Å²) < 4.78 is 32.5.